The van der Waals surface area contributed by atoms with Gasteiger partial charge in [0, 0.05) is 24.5 Å². The molecule has 0 amide bonds. The first-order chi connectivity index (χ1) is 9.40. The molecule has 0 aliphatic carbocycles. The zero-order chi connectivity index (χ0) is 13.3. The number of hydrogen-bond acceptors (Lipinski definition) is 3. The molecule has 4 nitrogen and oxygen atoms in total. The van der Waals surface area contributed by atoms with Crippen molar-refractivity contribution in [2.45, 2.75) is 45.1 Å². The zero-order valence-corrected chi connectivity index (χ0v) is 11.3. The van der Waals surface area contributed by atoms with Crippen LogP contribution in [-0.4, -0.2) is 20.0 Å². The Labute approximate surface area is 114 Å². The predicted octanol–water partition coefficient (Wildman–Crippen LogP) is 3.51. The van der Waals surface area contributed by atoms with Crippen molar-refractivity contribution in [3.63, 3.8) is 0 Å². The van der Waals surface area contributed by atoms with Gasteiger partial charge in [0.15, 0.2) is 0 Å². The minimum Gasteiger partial charge on any atom is -0.264 e. The Hall–Kier alpha value is -1.71. The number of rotatable bonds is 8. The molecule has 2 rings (SSSR count). The number of aromatic nitrogens is 4. The van der Waals surface area contributed by atoms with Crippen LogP contribution in [0, 0.1) is 6.92 Å². The highest BCUT2D eigenvalue weighted by Crippen LogP contribution is 2.14. The van der Waals surface area contributed by atoms with Crippen LogP contribution in [0.2, 0.25) is 0 Å². The Bertz CT molecular complexity index is 464. The van der Waals surface area contributed by atoms with E-state index in [9.17, 15) is 0 Å². The molecule has 101 valence electrons. The molecule has 19 heavy (non-hydrogen) atoms. The Morgan fingerprint density at radius 1 is 1.11 bits per heavy atom. The van der Waals surface area contributed by atoms with Crippen LogP contribution < -0.4 is 0 Å². The second-order valence-corrected chi connectivity index (χ2v) is 4.73. The Balaban J connectivity index is 1.75. The van der Waals surface area contributed by atoms with Gasteiger partial charge in [-0.3, -0.25) is 9.67 Å². The normalized spacial score (nSPS) is 10.8. The van der Waals surface area contributed by atoms with Crippen molar-refractivity contribution in [1.29, 1.82) is 0 Å². The lowest BCUT2D eigenvalue weighted by Gasteiger charge is -2.00. The van der Waals surface area contributed by atoms with Crippen LogP contribution >= 0.6 is 0 Å². The van der Waals surface area contributed by atoms with Crippen molar-refractivity contribution >= 4 is 0 Å². The minimum atomic E-state index is 0.894. The van der Waals surface area contributed by atoms with Crippen LogP contribution in [0.1, 0.15) is 38.5 Å². The fraction of sp³-hybridized carbons (Fsp3) is 0.467. The second-order valence-electron chi connectivity index (χ2n) is 4.73. The van der Waals surface area contributed by atoms with Crippen LogP contribution in [0.3, 0.4) is 0 Å². The highest BCUT2D eigenvalue weighted by atomic mass is 15.4. The van der Waals surface area contributed by atoms with Crippen LogP contribution in [0.25, 0.3) is 11.3 Å². The smallest absolute Gasteiger partial charge is 0.114 e. The highest BCUT2D eigenvalue weighted by Gasteiger charge is 2.03. The van der Waals surface area contributed by atoms with Crippen LogP contribution in [0.15, 0.2) is 30.7 Å². The predicted molar refractivity (Wildman–Crippen MR) is 76.3 cm³/mol. The summed E-state index contributed by atoms with van der Waals surface area (Å²) in [5, 5.41) is 8.33. The van der Waals surface area contributed by atoms with E-state index in [4.69, 9.17) is 0 Å². The third-order valence-corrected chi connectivity index (χ3v) is 3.13. The summed E-state index contributed by atoms with van der Waals surface area (Å²) in [7, 11) is 0. The molecule has 0 spiro atoms. The number of nitrogens with zero attached hydrogens (tertiary/aromatic N) is 4. The molecule has 4 heteroatoms. The molecule has 2 heterocycles. The van der Waals surface area contributed by atoms with Gasteiger partial charge in [-0.05, 0) is 18.6 Å². The summed E-state index contributed by atoms with van der Waals surface area (Å²) < 4.78 is 1.92. The Morgan fingerprint density at radius 2 is 1.95 bits per heavy atom. The van der Waals surface area contributed by atoms with Crippen LogP contribution in [0.4, 0.5) is 0 Å². The first kappa shape index (κ1) is 13.7. The zero-order valence-electron chi connectivity index (χ0n) is 11.3. The molecule has 0 saturated heterocycles. The van der Waals surface area contributed by atoms with Crippen molar-refractivity contribution in [3.8, 4) is 11.3 Å². The van der Waals surface area contributed by atoms with Crippen molar-refractivity contribution in [2.24, 2.45) is 0 Å². The largest absolute Gasteiger partial charge is 0.264 e. The van der Waals surface area contributed by atoms with Crippen molar-refractivity contribution in [1.82, 2.24) is 20.0 Å². The highest BCUT2D eigenvalue weighted by molar-refractivity contribution is 5.55. The topological polar surface area (TPSA) is 43.6 Å². The maximum absolute atomic E-state index is 4.18. The minimum absolute atomic E-state index is 0.894. The van der Waals surface area contributed by atoms with Gasteiger partial charge in [0.2, 0.25) is 0 Å². The maximum Gasteiger partial charge on any atom is 0.114 e. The summed E-state index contributed by atoms with van der Waals surface area (Å²) in [4.78, 5) is 4.09. The number of aryl methyl sites for hydroxylation is 1. The molecular formula is C15H21N4. The van der Waals surface area contributed by atoms with E-state index in [0.29, 0.717) is 0 Å². The van der Waals surface area contributed by atoms with E-state index in [1.54, 1.807) is 6.20 Å². The Morgan fingerprint density at radius 3 is 2.74 bits per heavy atom. The first-order valence-corrected chi connectivity index (χ1v) is 7.00. The molecule has 0 bridgehead atoms. The van der Waals surface area contributed by atoms with Crippen LogP contribution in [-0.2, 0) is 6.54 Å². The summed E-state index contributed by atoms with van der Waals surface area (Å²) in [5.41, 5.74) is 1.91. The third kappa shape index (κ3) is 4.47. The summed E-state index contributed by atoms with van der Waals surface area (Å²) in [6, 6.07) is 3.91. The Kier molecular flexibility index (Phi) is 5.53. The molecule has 1 radical (unpaired) electrons. The first-order valence-electron chi connectivity index (χ1n) is 7.00. The van der Waals surface area contributed by atoms with E-state index in [1.807, 2.05) is 29.2 Å². The lowest BCUT2D eigenvalue weighted by Crippen LogP contribution is -1.98. The van der Waals surface area contributed by atoms with Gasteiger partial charge in [0.05, 0.1) is 6.20 Å². The second kappa shape index (κ2) is 7.67. The van der Waals surface area contributed by atoms with Crippen molar-refractivity contribution in [2.75, 3.05) is 0 Å². The van der Waals surface area contributed by atoms with E-state index in [2.05, 4.69) is 22.2 Å². The van der Waals surface area contributed by atoms with Gasteiger partial charge in [-0.2, -0.15) is 0 Å². The fourth-order valence-electron chi connectivity index (χ4n) is 2.04. The number of pyridine rings is 1. The molecule has 0 fully saturated rings. The van der Waals surface area contributed by atoms with E-state index < -0.39 is 0 Å². The van der Waals surface area contributed by atoms with Crippen molar-refractivity contribution in [3.05, 3.63) is 37.6 Å². The third-order valence-electron chi connectivity index (χ3n) is 3.13. The summed E-state index contributed by atoms with van der Waals surface area (Å²) in [6.45, 7) is 4.80. The van der Waals surface area contributed by atoms with Gasteiger partial charge in [-0.1, -0.05) is 44.2 Å². The van der Waals surface area contributed by atoms with Gasteiger partial charge in [-0.15, -0.1) is 5.10 Å². The van der Waals surface area contributed by atoms with Gasteiger partial charge in [0.1, 0.15) is 5.69 Å². The molecule has 0 N–H and O–H groups in total. The molecule has 0 aliphatic rings. The summed E-state index contributed by atoms with van der Waals surface area (Å²) in [6.07, 6.45) is 12.9. The van der Waals surface area contributed by atoms with Gasteiger partial charge < -0.3 is 0 Å². The molecule has 0 aromatic carbocycles. The average molecular weight is 257 g/mol. The fourth-order valence-corrected chi connectivity index (χ4v) is 2.04. The lowest BCUT2D eigenvalue weighted by molar-refractivity contribution is 0.518. The van der Waals surface area contributed by atoms with E-state index >= 15 is 0 Å². The molecule has 0 aliphatic heterocycles. The molecular weight excluding hydrogens is 236 g/mol. The summed E-state index contributed by atoms with van der Waals surface area (Å²) in [5.74, 6) is 0. The van der Waals surface area contributed by atoms with Crippen LogP contribution in [0.5, 0.6) is 0 Å². The average Bonchev–Trinajstić information content (AvgIpc) is 2.92. The lowest BCUT2D eigenvalue weighted by atomic mass is 10.1. The monoisotopic (exact) mass is 257 g/mol. The summed E-state index contributed by atoms with van der Waals surface area (Å²) >= 11 is 0. The number of hydrogen-bond donors (Lipinski definition) is 0. The van der Waals surface area contributed by atoms with Gasteiger partial charge in [0.25, 0.3) is 0 Å². The van der Waals surface area contributed by atoms with Crippen molar-refractivity contribution < 1.29 is 0 Å². The van der Waals surface area contributed by atoms with E-state index in [-0.39, 0.29) is 0 Å². The SMILES string of the molecule is [CH2]CCCCCCCn1cc(-c2cccnc2)nn1. The standard InChI is InChI=1S/C15H21N4/c1-2-3-4-5-6-7-11-19-13-15(17-18-19)14-9-8-10-16-12-14/h8-10,12-13H,1-7,11H2. The molecule has 2 aromatic heterocycles. The molecule has 2 aromatic rings. The van der Waals surface area contributed by atoms with E-state index in [1.165, 1.54) is 25.7 Å². The maximum atomic E-state index is 4.18. The molecule has 0 atom stereocenters. The van der Waals surface area contributed by atoms with E-state index in [0.717, 1.165) is 30.6 Å². The molecule has 0 saturated carbocycles. The number of unbranched alkanes of at least 4 members (excludes halogenated alkanes) is 5. The van der Waals surface area contributed by atoms with Gasteiger partial charge in [-0.25, -0.2) is 0 Å². The quantitative estimate of drug-likeness (QED) is 0.680. The van der Waals surface area contributed by atoms with Gasteiger partial charge >= 0.3 is 0 Å². The molecule has 0 unspecified atom stereocenters.